The smallest absolute Gasteiger partial charge is 0.130 e. The van der Waals surface area contributed by atoms with E-state index in [4.69, 9.17) is 0 Å². The number of hydrogen-bond donors (Lipinski definition) is 2. The van der Waals surface area contributed by atoms with Gasteiger partial charge in [-0.2, -0.15) is 5.10 Å². The molecule has 136 valence electrons. The highest BCUT2D eigenvalue weighted by Gasteiger charge is 2.18. The summed E-state index contributed by atoms with van der Waals surface area (Å²) in [6.45, 7) is 6.87. The molecule has 0 aliphatic carbocycles. The van der Waals surface area contributed by atoms with Crippen molar-refractivity contribution in [1.82, 2.24) is 25.1 Å². The van der Waals surface area contributed by atoms with Crippen molar-refractivity contribution in [2.75, 3.05) is 18.4 Å². The minimum atomic E-state index is 0.525. The van der Waals surface area contributed by atoms with Crippen LogP contribution in [0.15, 0.2) is 24.3 Å². The molecule has 0 bridgehead atoms. The third-order valence-electron chi connectivity index (χ3n) is 5.13. The van der Waals surface area contributed by atoms with Crippen LogP contribution >= 0.6 is 0 Å². The molecule has 1 aromatic carbocycles. The van der Waals surface area contributed by atoms with E-state index < -0.39 is 0 Å². The van der Waals surface area contributed by atoms with Crippen LogP contribution in [0.5, 0.6) is 0 Å². The van der Waals surface area contributed by atoms with Gasteiger partial charge in [0.1, 0.15) is 11.6 Å². The van der Waals surface area contributed by atoms with E-state index in [9.17, 15) is 0 Å². The van der Waals surface area contributed by atoms with Gasteiger partial charge in [0.25, 0.3) is 0 Å². The van der Waals surface area contributed by atoms with Crippen molar-refractivity contribution in [3.63, 3.8) is 0 Å². The molecule has 0 atom stereocenters. The highest BCUT2D eigenvalue weighted by molar-refractivity contribution is 5.82. The van der Waals surface area contributed by atoms with Crippen LogP contribution in [0.4, 0.5) is 5.82 Å². The fourth-order valence-electron chi connectivity index (χ4n) is 3.77. The maximum absolute atomic E-state index is 4.68. The van der Waals surface area contributed by atoms with Gasteiger partial charge in [0.2, 0.25) is 0 Å². The Morgan fingerprint density at radius 1 is 1.15 bits per heavy atom. The molecule has 6 nitrogen and oxygen atoms in total. The summed E-state index contributed by atoms with van der Waals surface area (Å²) in [6.07, 6.45) is 2.28. The molecule has 0 saturated carbocycles. The number of rotatable bonds is 4. The van der Waals surface area contributed by atoms with E-state index in [2.05, 4.69) is 56.9 Å². The maximum atomic E-state index is 4.68. The van der Waals surface area contributed by atoms with Gasteiger partial charge in [-0.25, -0.2) is 9.97 Å². The Kier molecular flexibility index (Phi) is 4.59. The normalized spacial score (nSPS) is 15.5. The number of fused-ring (bicyclic) bond motifs is 1. The molecule has 0 spiro atoms. The van der Waals surface area contributed by atoms with Crippen molar-refractivity contribution in [3.8, 4) is 0 Å². The van der Waals surface area contributed by atoms with E-state index in [-0.39, 0.29) is 0 Å². The van der Waals surface area contributed by atoms with Gasteiger partial charge in [-0.05, 0) is 51.9 Å². The Labute approximate surface area is 154 Å². The number of hydrogen-bond acceptors (Lipinski definition) is 5. The van der Waals surface area contributed by atoms with Crippen molar-refractivity contribution in [1.29, 1.82) is 0 Å². The minimum absolute atomic E-state index is 0.525. The first-order chi connectivity index (χ1) is 12.6. The molecular formula is C20H26N6. The SMILES string of the molecule is Cc1ccc2c(c1)c(CNc1cc(C3CCNCC3)nc(C)n1)nn2C. The molecule has 6 heteroatoms. The number of aryl methyl sites for hydroxylation is 3. The Morgan fingerprint density at radius 2 is 1.96 bits per heavy atom. The second-order valence-electron chi connectivity index (χ2n) is 7.19. The number of nitrogens with one attached hydrogen (secondary N) is 2. The molecular weight excluding hydrogens is 324 g/mol. The first-order valence-corrected chi connectivity index (χ1v) is 9.32. The van der Waals surface area contributed by atoms with Crippen LogP contribution in [0.2, 0.25) is 0 Å². The number of anilines is 1. The summed E-state index contributed by atoms with van der Waals surface area (Å²) in [6, 6.07) is 8.57. The third-order valence-corrected chi connectivity index (χ3v) is 5.13. The van der Waals surface area contributed by atoms with Gasteiger partial charge < -0.3 is 10.6 Å². The molecule has 3 aromatic rings. The highest BCUT2D eigenvalue weighted by atomic mass is 15.3. The van der Waals surface area contributed by atoms with Crippen LogP contribution in [0.25, 0.3) is 10.9 Å². The molecule has 0 amide bonds. The topological polar surface area (TPSA) is 67.7 Å². The van der Waals surface area contributed by atoms with Gasteiger partial charge in [-0.3, -0.25) is 4.68 Å². The zero-order valence-corrected chi connectivity index (χ0v) is 15.7. The van der Waals surface area contributed by atoms with E-state index in [0.717, 1.165) is 54.5 Å². The van der Waals surface area contributed by atoms with Crippen LogP contribution in [0.1, 0.15) is 41.5 Å². The quantitative estimate of drug-likeness (QED) is 0.757. The van der Waals surface area contributed by atoms with Crippen molar-refractivity contribution < 1.29 is 0 Å². The summed E-state index contributed by atoms with van der Waals surface area (Å²) < 4.78 is 1.94. The first kappa shape index (κ1) is 17.0. The largest absolute Gasteiger partial charge is 0.364 e. The Bertz CT molecular complexity index is 923. The molecule has 3 heterocycles. The zero-order valence-electron chi connectivity index (χ0n) is 15.7. The van der Waals surface area contributed by atoms with Crippen molar-refractivity contribution in [2.24, 2.45) is 7.05 Å². The number of piperidine rings is 1. The number of nitrogens with zero attached hydrogens (tertiary/aromatic N) is 4. The Hall–Kier alpha value is -2.47. The lowest BCUT2D eigenvalue weighted by Crippen LogP contribution is -2.27. The highest BCUT2D eigenvalue weighted by Crippen LogP contribution is 2.26. The lowest BCUT2D eigenvalue weighted by atomic mass is 9.94. The fraction of sp³-hybridized carbons (Fsp3) is 0.450. The second kappa shape index (κ2) is 7.03. The number of benzene rings is 1. The van der Waals surface area contributed by atoms with Gasteiger partial charge in [0, 0.05) is 30.1 Å². The van der Waals surface area contributed by atoms with Crippen LogP contribution in [0, 0.1) is 13.8 Å². The van der Waals surface area contributed by atoms with Gasteiger partial charge in [-0.15, -0.1) is 0 Å². The lowest BCUT2D eigenvalue weighted by Gasteiger charge is -2.22. The maximum Gasteiger partial charge on any atom is 0.130 e. The minimum Gasteiger partial charge on any atom is -0.364 e. The van der Waals surface area contributed by atoms with E-state index in [0.29, 0.717) is 12.5 Å². The summed E-state index contributed by atoms with van der Waals surface area (Å²) in [5, 5.41) is 12.8. The average Bonchev–Trinajstić information content (AvgIpc) is 2.95. The van der Waals surface area contributed by atoms with Gasteiger partial charge in [0.15, 0.2) is 0 Å². The number of aromatic nitrogens is 4. The Morgan fingerprint density at radius 3 is 2.77 bits per heavy atom. The van der Waals surface area contributed by atoms with Gasteiger partial charge in [-0.1, -0.05) is 11.6 Å². The lowest BCUT2D eigenvalue weighted by molar-refractivity contribution is 0.452. The molecule has 2 N–H and O–H groups in total. The molecule has 1 aliphatic heterocycles. The summed E-state index contributed by atoms with van der Waals surface area (Å²) in [4.78, 5) is 9.26. The van der Waals surface area contributed by atoms with Gasteiger partial charge in [0.05, 0.1) is 17.8 Å². The molecule has 1 saturated heterocycles. The molecule has 4 rings (SSSR count). The first-order valence-electron chi connectivity index (χ1n) is 9.32. The van der Waals surface area contributed by atoms with E-state index in [1.807, 2.05) is 18.7 Å². The van der Waals surface area contributed by atoms with Gasteiger partial charge >= 0.3 is 0 Å². The molecule has 2 aromatic heterocycles. The van der Waals surface area contributed by atoms with Crippen LogP contribution in [-0.2, 0) is 13.6 Å². The van der Waals surface area contributed by atoms with Crippen molar-refractivity contribution >= 4 is 16.7 Å². The standard InChI is InChI=1S/C20H26N6/c1-13-4-5-19-16(10-13)18(25-26(19)3)12-22-20-11-17(23-14(2)24-20)15-6-8-21-9-7-15/h4-5,10-11,15,21H,6-9,12H2,1-3H3,(H,22,23,24). The summed E-state index contributed by atoms with van der Waals surface area (Å²) >= 11 is 0. The van der Waals surface area contributed by atoms with Crippen LogP contribution < -0.4 is 10.6 Å². The molecule has 1 fully saturated rings. The molecule has 1 aliphatic rings. The predicted molar refractivity (Wildman–Crippen MR) is 104 cm³/mol. The fourth-order valence-corrected chi connectivity index (χ4v) is 3.77. The van der Waals surface area contributed by atoms with Crippen LogP contribution in [0.3, 0.4) is 0 Å². The Balaban J connectivity index is 1.56. The predicted octanol–water partition coefficient (Wildman–Crippen LogP) is 3.06. The summed E-state index contributed by atoms with van der Waals surface area (Å²) in [7, 11) is 1.99. The van der Waals surface area contributed by atoms with Crippen molar-refractivity contribution in [2.45, 2.75) is 39.2 Å². The molecule has 0 unspecified atom stereocenters. The average molecular weight is 350 g/mol. The third kappa shape index (κ3) is 3.42. The van der Waals surface area contributed by atoms with E-state index in [1.54, 1.807) is 0 Å². The van der Waals surface area contributed by atoms with Crippen molar-refractivity contribution in [3.05, 3.63) is 47.0 Å². The second-order valence-corrected chi connectivity index (χ2v) is 7.19. The van der Waals surface area contributed by atoms with E-state index in [1.165, 1.54) is 10.9 Å². The monoisotopic (exact) mass is 350 g/mol. The van der Waals surface area contributed by atoms with E-state index >= 15 is 0 Å². The zero-order chi connectivity index (χ0) is 18.1. The summed E-state index contributed by atoms with van der Waals surface area (Å²) in [5.74, 6) is 2.24. The molecule has 26 heavy (non-hydrogen) atoms. The van der Waals surface area contributed by atoms with Crippen LogP contribution in [-0.4, -0.2) is 32.8 Å². The molecule has 0 radical (unpaired) electrons. The summed E-state index contributed by atoms with van der Waals surface area (Å²) in [5.41, 5.74) is 4.61.